The first-order valence-electron chi connectivity index (χ1n) is 10.2. The third kappa shape index (κ3) is 5.75. The number of carbonyl (C=O) groups is 3. The van der Waals surface area contributed by atoms with E-state index in [1.807, 2.05) is 24.3 Å². The molecule has 2 N–H and O–H groups in total. The molecule has 0 saturated heterocycles. The highest BCUT2D eigenvalue weighted by Gasteiger charge is 2.34. The molecule has 0 fully saturated rings. The summed E-state index contributed by atoms with van der Waals surface area (Å²) in [7, 11) is 1.59. The second-order valence-electron chi connectivity index (χ2n) is 7.16. The fourth-order valence-corrected chi connectivity index (χ4v) is 3.44. The zero-order valence-electron chi connectivity index (χ0n) is 17.4. The standard InChI is InChI=1S/C23H26N2O6/c1-24-21(26)11-6-13-25-17-8-3-5-10-19(17)31-20(23(25)29)12-14-30-18-9-4-2-7-16(18)15-22(27)28/h2-5,7-10,20H,6,11-15H2,1H3,(H,24,26)(H,27,28). The van der Waals surface area contributed by atoms with Crippen molar-refractivity contribution in [1.82, 2.24) is 5.32 Å². The van der Waals surface area contributed by atoms with Gasteiger partial charge in [-0.15, -0.1) is 0 Å². The van der Waals surface area contributed by atoms with E-state index in [1.54, 1.807) is 36.2 Å². The maximum absolute atomic E-state index is 13.1. The Morgan fingerprint density at radius 2 is 1.90 bits per heavy atom. The topological polar surface area (TPSA) is 105 Å². The number of carbonyl (C=O) groups excluding carboxylic acids is 2. The van der Waals surface area contributed by atoms with Crippen molar-refractivity contribution < 1.29 is 29.0 Å². The van der Waals surface area contributed by atoms with Gasteiger partial charge < -0.3 is 24.8 Å². The van der Waals surface area contributed by atoms with Crippen LogP contribution in [0.4, 0.5) is 5.69 Å². The highest BCUT2D eigenvalue weighted by Crippen LogP contribution is 2.34. The Balaban J connectivity index is 1.65. The second-order valence-corrected chi connectivity index (χ2v) is 7.16. The Kier molecular flexibility index (Phi) is 7.48. The van der Waals surface area contributed by atoms with Crippen LogP contribution in [0.3, 0.4) is 0 Å². The molecule has 0 spiro atoms. The molecule has 0 aliphatic carbocycles. The lowest BCUT2D eigenvalue weighted by molar-refractivity contribution is -0.136. The van der Waals surface area contributed by atoms with E-state index in [4.69, 9.17) is 14.6 Å². The smallest absolute Gasteiger partial charge is 0.307 e. The molecule has 0 saturated carbocycles. The predicted octanol–water partition coefficient (Wildman–Crippen LogP) is 2.40. The van der Waals surface area contributed by atoms with Gasteiger partial charge in [-0.2, -0.15) is 0 Å². The third-order valence-electron chi connectivity index (χ3n) is 4.98. The Morgan fingerprint density at radius 1 is 1.16 bits per heavy atom. The minimum atomic E-state index is -0.939. The molecule has 1 aliphatic heterocycles. The Morgan fingerprint density at radius 3 is 2.68 bits per heavy atom. The average molecular weight is 426 g/mol. The largest absolute Gasteiger partial charge is 0.493 e. The normalized spacial score (nSPS) is 15.1. The van der Waals surface area contributed by atoms with E-state index in [2.05, 4.69) is 5.32 Å². The third-order valence-corrected chi connectivity index (χ3v) is 4.98. The molecule has 2 amide bonds. The molecule has 1 atom stereocenters. The van der Waals surface area contributed by atoms with Crippen molar-refractivity contribution in [2.45, 2.75) is 31.8 Å². The van der Waals surface area contributed by atoms with Crippen molar-refractivity contribution in [3.63, 3.8) is 0 Å². The van der Waals surface area contributed by atoms with Gasteiger partial charge in [0.1, 0.15) is 11.5 Å². The number of nitrogens with one attached hydrogen (secondary N) is 1. The molecule has 8 nitrogen and oxygen atoms in total. The van der Waals surface area contributed by atoms with Gasteiger partial charge in [-0.3, -0.25) is 14.4 Å². The van der Waals surface area contributed by atoms with Crippen LogP contribution in [0.5, 0.6) is 11.5 Å². The Bertz CT molecular complexity index is 945. The molecule has 3 rings (SSSR count). The van der Waals surface area contributed by atoms with Gasteiger partial charge in [0.2, 0.25) is 5.91 Å². The predicted molar refractivity (Wildman–Crippen MR) is 114 cm³/mol. The van der Waals surface area contributed by atoms with Crippen LogP contribution in [0.2, 0.25) is 0 Å². The zero-order valence-corrected chi connectivity index (χ0v) is 17.4. The lowest BCUT2D eigenvalue weighted by Crippen LogP contribution is -2.47. The van der Waals surface area contributed by atoms with Gasteiger partial charge in [-0.1, -0.05) is 30.3 Å². The molecule has 8 heteroatoms. The fraction of sp³-hybridized carbons (Fsp3) is 0.348. The number of amides is 2. The summed E-state index contributed by atoms with van der Waals surface area (Å²) in [6.45, 7) is 0.604. The van der Waals surface area contributed by atoms with Crippen LogP contribution in [0.25, 0.3) is 0 Å². The van der Waals surface area contributed by atoms with Crippen LogP contribution in [0.1, 0.15) is 24.8 Å². The number of aliphatic carboxylic acids is 1. The minimum Gasteiger partial charge on any atom is -0.493 e. The van der Waals surface area contributed by atoms with Gasteiger partial charge in [-0.25, -0.2) is 0 Å². The monoisotopic (exact) mass is 426 g/mol. The highest BCUT2D eigenvalue weighted by atomic mass is 16.5. The molecule has 164 valence electrons. The van der Waals surface area contributed by atoms with Crippen molar-refractivity contribution in [2.75, 3.05) is 25.1 Å². The molecule has 2 aromatic rings. The van der Waals surface area contributed by atoms with Gasteiger partial charge in [0, 0.05) is 32.0 Å². The van der Waals surface area contributed by atoms with Crippen molar-refractivity contribution in [3.05, 3.63) is 54.1 Å². The molecule has 1 unspecified atom stereocenters. The van der Waals surface area contributed by atoms with Crippen LogP contribution in [-0.4, -0.2) is 49.2 Å². The highest BCUT2D eigenvalue weighted by molar-refractivity contribution is 6.00. The summed E-state index contributed by atoms with van der Waals surface area (Å²) in [5.74, 6) is -0.0999. The summed E-state index contributed by atoms with van der Waals surface area (Å²) in [6.07, 6.45) is 0.312. The number of para-hydroxylation sites is 3. The first-order valence-corrected chi connectivity index (χ1v) is 10.2. The number of hydrogen-bond donors (Lipinski definition) is 2. The summed E-state index contributed by atoms with van der Waals surface area (Å²) in [5.41, 5.74) is 1.26. The quantitative estimate of drug-likeness (QED) is 0.605. The summed E-state index contributed by atoms with van der Waals surface area (Å²) in [5, 5.41) is 11.6. The summed E-state index contributed by atoms with van der Waals surface area (Å²) < 4.78 is 11.7. The van der Waals surface area contributed by atoms with E-state index in [0.717, 1.165) is 0 Å². The zero-order chi connectivity index (χ0) is 22.2. The number of fused-ring (bicyclic) bond motifs is 1. The van der Waals surface area contributed by atoms with E-state index in [-0.39, 0.29) is 24.8 Å². The van der Waals surface area contributed by atoms with Crippen LogP contribution in [0.15, 0.2) is 48.5 Å². The van der Waals surface area contributed by atoms with E-state index < -0.39 is 12.1 Å². The van der Waals surface area contributed by atoms with Crippen molar-refractivity contribution in [2.24, 2.45) is 0 Å². The van der Waals surface area contributed by atoms with Crippen molar-refractivity contribution in [1.29, 1.82) is 0 Å². The first-order chi connectivity index (χ1) is 15.0. The van der Waals surface area contributed by atoms with Gasteiger partial charge in [0.05, 0.1) is 18.7 Å². The van der Waals surface area contributed by atoms with Crippen LogP contribution in [-0.2, 0) is 20.8 Å². The summed E-state index contributed by atoms with van der Waals surface area (Å²) >= 11 is 0. The van der Waals surface area contributed by atoms with E-state index in [0.29, 0.717) is 48.6 Å². The van der Waals surface area contributed by atoms with Crippen LogP contribution >= 0.6 is 0 Å². The van der Waals surface area contributed by atoms with E-state index >= 15 is 0 Å². The number of benzene rings is 2. The number of hydrogen-bond acceptors (Lipinski definition) is 5. The minimum absolute atomic E-state index is 0.0704. The van der Waals surface area contributed by atoms with Gasteiger partial charge in [0.15, 0.2) is 6.10 Å². The molecule has 1 heterocycles. The molecule has 0 radical (unpaired) electrons. The number of carboxylic acid groups (broad SMARTS) is 1. The molecule has 2 aromatic carbocycles. The fourth-order valence-electron chi connectivity index (χ4n) is 3.44. The molecule has 1 aliphatic rings. The number of rotatable bonds is 10. The lowest BCUT2D eigenvalue weighted by atomic mass is 10.1. The van der Waals surface area contributed by atoms with Gasteiger partial charge in [-0.05, 0) is 24.6 Å². The first kappa shape index (κ1) is 22.1. The number of nitrogens with zero attached hydrogens (tertiary/aromatic N) is 1. The van der Waals surface area contributed by atoms with Crippen molar-refractivity contribution >= 4 is 23.5 Å². The maximum atomic E-state index is 13.1. The number of carboxylic acids is 1. The number of ether oxygens (including phenoxy) is 2. The maximum Gasteiger partial charge on any atom is 0.307 e. The summed E-state index contributed by atoms with van der Waals surface area (Å²) in [6, 6.07) is 14.3. The molecular formula is C23H26N2O6. The van der Waals surface area contributed by atoms with Crippen molar-refractivity contribution in [3.8, 4) is 11.5 Å². The SMILES string of the molecule is CNC(=O)CCCN1C(=O)C(CCOc2ccccc2CC(=O)O)Oc2ccccc21. The van der Waals surface area contributed by atoms with Crippen LogP contribution in [0, 0.1) is 0 Å². The second kappa shape index (κ2) is 10.5. The lowest BCUT2D eigenvalue weighted by Gasteiger charge is -2.34. The van der Waals surface area contributed by atoms with Gasteiger partial charge in [0.25, 0.3) is 5.91 Å². The Hall–Kier alpha value is -3.55. The molecule has 0 bridgehead atoms. The van der Waals surface area contributed by atoms with Crippen LogP contribution < -0.4 is 19.7 Å². The van der Waals surface area contributed by atoms with E-state index in [9.17, 15) is 14.4 Å². The molecule has 0 aromatic heterocycles. The average Bonchev–Trinajstić information content (AvgIpc) is 2.76. The van der Waals surface area contributed by atoms with E-state index in [1.165, 1.54) is 0 Å². The Labute approximate surface area is 180 Å². The molecular weight excluding hydrogens is 400 g/mol. The summed E-state index contributed by atoms with van der Waals surface area (Å²) in [4.78, 5) is 37.3. The number of anilines is 1. The molecule has 31 heavy (non-hydrogen) atoms. The van der Waals surface area contributed by atoms with Gasteiger partial charge >= 0.3 is 5.97 Å².